The minimum Gasteiger partial charge on any atom is -0.453 e. The molecule has 0 rings (SSSR count). The first kappa shape index (κ1) is 14.1. The van der Waals surface area contributed by atoms with Gasteiger partial charge in [-0.25, -0.2) is 4.79 Å². The van der Waals surface area contributed by atoms with E-state index in [0.717, 1.165) is 0 Å². The average Bonchev–Trinajstić information content (AvgIpc) is 2.00. The van der Waals surface area contributed by atoms with Gasteiger partial charge in [0.05, 0.1) is 7.11 Å². The van der Waals surface area contributed by atoms with E-state index in [2.05, 4.69) is 15.4 Å². The van der Waals surface area contributed by atoms with Crippen LogP contribution in [0.1, 0.15) is 13.8 Å². The molecule has 0 aliphatic heterocycles. The molecule has 1 amide bonds. The summed E-state index contributed by atoms with van der Waals surface area (Å²) in [5.41, 5.74) is 0. The van der Waals surface area contributed by atoms with Gasteiger partial charge in [0.15, 0.2) is 0 Å². The van der Waals surface area contributed by atoms with Gasteiger partial charge in [0.2, 0.25) is 3.79 Å². The van der Waals surface area contributed by atoms with Gasteiger partial charge in [-0.1, -0.05) is 34.8 Å². The Balaban J connectivity index is 4.33. The fourth-order valence-corrected chi connectivity index (χ4v) is 1.08. The third-order valence-corrected chi connectivity index (χ3v) is 1.93. The molecule has 0 fully saturated rings. The number of alkyl halides is 3. The molecule has 0 aromatic heterocycles. The van der Waals surface area contributed by atoms with Gasteiger partial charge in [-0.2, -0.15) is 0 Å². The molecule has 0 radical (unpaired) electrons. The number of nitrogens with one attached hydrogen (secondary N) is 2. The summed E-state index contributed by atoms with van der Waals surface area (Å²) in [4.78, 5) is 10.9. The van der Waals surface area contributed by atoms with Gasteiger partial charge in [-0.05, 0) is 13.8 Å². The molecule has 0 spiro atoms. The Hall–Kier alpha value is 0.1000. The molecule has 0 bridgehead atoms. The standard InChI is InChI=1S/C7H13Cl3N2O2/c1-4(2)11-5(7(8,9)10)12-6(13)14-3/h4-5,11H,1-3H3,(H,12,13)/t5-/m0/s1. The van der Waals surface area contributed by atoms with E-state index in [1.54, 1.807) is 0 Å². The average molecular weight is 264 g/mol. The topological polar surface area (TPSA) is 50.4 Å². The summed E-state index contributed by atoms with van der Waals surface area (Å²) in [6.45, 7) is 3.73. The smallest absolute Gasteiger partial charge is 0.408 e. The first-order valence-corrected chi connectivity index (χ1v) is 5.08. The van der Waals surface area contributed by atoms with Crippen molar-refractivity contribution in [2.45, 2.75) is 29.8 Å². The molecule has 0 aliphatic rings. The minimum atomic E-state index is -1.63. The van der Waals surface area contributed by atoms with Gasteiger partial charge < -0.3 is 10.1 Å². The van der Waals surface area contributed by atoms with Crippen LogP contribution < -0.4 is 10.6 Å². The Bertz CT molecular complexity index is 194. The van der Waals surface area contributed by atoms with Crippen LogP contribution in [0.2, 0.25) is 0 Å². The summed E-state index contributed by atoms with van der Waals surface area (Å²) in [5, 5.41) is 5.25. The normalized spacial score (nSPS) is 13.9. The van der Waals surface area contributed by atoms with Crippen molar-refractivity contribution in [1.82, 2.24) is 10.6 Å². The third-order valence-electron chi connectivity index (χ3n) is 1.27. The predicted octanol–water partition coefficient (Wildman–Crippen LogP) is 2.04. The van der Waals surface area contributed by atoms with Crippen molar-refractivity contribution in [3.05, 3.63) is 0 Å². The molecule has 0 saturated heterocycles. The molecular formula is C7H13Cl3N2O2. The number of hydrogen-bond donors (Lipinski definition) is 2. The Kier molecular flexibility index (Phi) is 5.90. The second-order valence-corrected chi connectivity index (χ2v) is 5.30. The second-order valence-electron chi connectivity index (χ2n) is 2.93. The van der Waals surface area contributed by atoms with E-state index in [-0.39, 0.29) is 6.04 Å². The van der Waals surface area contributed by atoms with Crippen molar-refractivity contribution in [2.75, 3.05) is 7.11 Å². The summed E-state index contributed by atoms with van der Waals surface area (Å²) in [6, 6.07) is 0.0628. The molecule has 1 atom stereocenters. The Morgan fingerprint density at radius 3 is 2.14 bits per heavy atom. The van der Waals surface area contributed by atoms with Gasteiger partial charge in [0.1, 0.15) is 6.17 Å². The van der Waals surface area contributed by atoms with Crippen molar-refractivity contribution >= 4 is 40.9 Å². The summed E-state index contributed by atoms with van der Waals surface area (Å²) < 4.78 is 2.76. The number of amides is 1. The zero-order chi connectivity index (χ0) is 11.4. The van der Waals surface area contributed by atoms with Crippen LogP contribution in [-0.2, 0) is 4.74 Å². The predicted molar refractivity (Wildman–Crippen MR) is 57.9 cm³/mol. The number of alkyl carbamates (subject to hydrolysis) is 1. The molecule has 2 N–H and O–H groups in total. The summed E-state index contributed by atoms with van der Waals surface area (Å²) in [6.07, 6.45) is -1.45. The van der Waals surface area contributed by atoms with Crippen LogP contribution in [0.5, 0.6) is 0 Å². The molecule has 0 aromatic rings. The highest BCUT2D eigenvalue weighted by atomic mass is 35.6. The highest BCUT2D eigenvalue weighted by molar-refractivity contribution is 6.68. The van der Waals surface area contributed by atoms with Gasteiger partial charge in [-0.15, -0.1) is 0 Å². The van der Waals surface area contributed by atoms with Crippen LogP contribution in [-0.4, -0.2) is 29.2 Å². The van der Waals surface area contributed by atoms with Crippen molar-refractivity contribution < 1.29 is 9.53 Å². The maximum Gasteiger partial charge on any atom is 0.408 e. The molecule has 0 heterocycles. The molecule has 84 valence electrons. The van der Waals surface area contributed by atoms with Crippen LogP contribution in [0.3, 0.4) is 0 Å². The Morgan fingerprint density at radius 1 is 1.36 bits per heavy atom. The van der Waals surface area contributed by atoms with E-state index in [4.69, 9.17) is 34.8 Å². The van der Waals surface area contributed by atoms with E-state index in [0.29, 0.717) is 0 Å². The van der Waals surface area contributed by atoms with Crippen LogP contribution in [0.25, 0.3) is 0 Å². The lowest BCUT2D eigenvalue weighted by Gasteiger charge is -2.27. The number of halogens is 3. The summed E-state index contributed by atoms with van der Waals surface area (Å²) >= 11 is 16.9. The van der Waals surface area contributed by atoms with Gasteiger partial charge in [0.25, 0.3) is 0 Å². The SMILES string of the molecule is COC(=O)N[C@H](NC(C)C)C(Cl)(Cl)Cl. The first-order chi connectivity index (χ1) is 6.27. The van der Waals surface area contributed by atoms with Crippen molar-refractivity contribution in [2.24, 2.45) is 0 Å². The number of rotatable bonds is 3. The van der Waals surface area contributed by atoms with E-state index >= 15 is 0 Å². The summed E-state index contributed by atoms with van der Waals surface area (Å²) in [5.74, 6) is 0. The first-order valence-electron chi connectivity index (χ1n) is 3.94. The summed E-state index contributed by atoms with van der Waals surface area (Å²) in [7, 11) is 1.24. The highest BCUT2D eigenvalue weighted by Gasteiger charge is 2.34. The molecule has 0 unspecified atom stereocenters. The molecule has 14 heavy (non-hydrogen) atoms. The van der Waals surface area contributed by atoms with Crippen LogP contribution >= 0.6 is 34.8 Å². The molecule has 0 aromatic carbocycles. The second kappa shape index (κ2) is 5.85. The lowest BCUT2D eigenvalue weighted by molar-refractivity contribution is 0.163. The number of methoxy groups -OCH3 is 1. The van der Waals surface area contributed by atoms with Crippen LogP contribution in [0, 0.1) is 0 Å². The zero-order valence-electron chi connectivity index (χ0n) is 8.11. The van der Waals surface area contributed by atoms with Crippen molar-refractivity contribution in [1.29, 1.82) is 0 Å². The molecule has 4 nitrogen and oxygen atoms in total. The lowest BCUT2D eigenvalue weighted by atomic mass is 10.3. The van der Waals surface area contributed by atoms with Crippen molar-refractivity contribution in [3.8, 4) is 0 Å². The largest absolute Gasteiger partial charge is 0.453 e. The zero-order valence-corrected chi connectivity index (χ0v) is 10.4. The van der Waals surface area contributed by atoms with Gasteiger partial charge >= 0.3 is 6.09 Å². The van der Waals surface area contributed by atoms with E-state index < -0.39 is 16.1 Å². The highest BCUT2D eigenvalue weighted by Crippen LogP contribution is 2.29. The molecule has 7 heteroatoms. The maximum atomic E-state index is 10.9. The molecular weight excluding hydrogens is 250 g/mol. The number of hydrogen-bond acceptors (Lipinski definition) is 3. The van der Waals surface area contributed by atoms with E-state index in [9.17, 15) is 4.79 Å². The van der Waals surface area contributed by atoms with E-state index in [1.807, 2.05) is 13.8 Å². The third kappa shape index (κ3) is 5.75. The number of ether oxygens (including phenoxy) is 1. The molecule has 0 saturated carbocycles. The quantitative estimate of drug-likeness (QED) is 0.605. The fraction of sp³-hybridized carbons (Fsp3) is 0.857. The molecule has 0 aliphatic carbocycles. The van der Waals surface area contributed by atoms with Gasteiger partial charge in [-0.3, -0.25) is 5.32 Å². The lowest BCUT2D eigenvalue weighted by Crippen LogP contribution is -2.55. The number of carbonyl (C=O) groups is 1. The van der Waals surface area contributed by atoms with E-state index in [1.165, 1.54) is 7.11 Å². The van der Waals surface area contributed by atoms with Gasteiger partial charge in [0, 0.05) is 6.04 Å². The minimum absolute atomic E-state index is 0.0628. The van der Waals surface area contributed by atoms with Crippen LogP contribution in [0.15, 0.2) is 0 Å². The van der Waals surface area contributed by atoms with Crippen molar-refractivity contribution in [3.63, 3.8) is 0 Å². The fourth-order valence-electron chi connectivity index (χ4n) is 0.728. The van der Waals surface area contributed by atoms with Crippen LogP contribution in [0.4, 0.5) is 4.79 Å². The maximum absolute atomic E-state index is 10.9. The number of carbonyl (C=O) groups excluding carboxylic acids is 1. The monoisotopic (exact) mass is 262 g/mol. The Morgan fingerprint density at radius 2 is 1.86 bits per heavy atom. The Labute approximate surface area is 98.2 Å².